The molecule has 2 aliphatic carbocycles. The molecule has 0 atom stereocenters. The van der Waals surface area contributed by atoms with Crippen LogP contribution in [-0.2, 0) is 9.59 Å². The van der Waals surface area contributed by atoms with Gasteiger partial charge in [0.05, 0.1) is 5.92 Å². The molecule has 0 aromatic rings. The van der Waals surface area contributed by atoms with Crippen LogP contribution >= 0.6 is 0 Å². The molecule has 1 heterocycles. The normalized spacial score (nSPS) is 25.8. The van der Waals surface area contributed by atoms with Crippen molar-refractivity contribution in [2.24, 2.45) is 16.7 Å². The molecule has 20 heavy (non-hydrogen) atoms. The predicted molar refractivity (Wildman–Crippen MR) is 61.0 cm³/mol. The fourth-order valence-corrected chi connectivity index (χ4v) is 3.72. The van der Waals surface area contributed by atoms with Crippen LogP contribution in [0, 0.1) is 16.7 Å². The molecule has 0 aromatic carbocycles. The van der Waals surface area contributed by atoms with E-state index in [1.165, 1.54) is 25.9 Å². The zero-order chi connectivity index (χ0) is 15.2. The van der Waals surface area contributed by atoms with Gasteiger partial charge in [0.2, 0.25) is 0 Å². The van der Waals surface area contributed by atoms with Crippen LogP contribution in [0.15, 0.2) is 0 Å². The smallest absolute Gasteiger partial charge is 0.481 e. The van der Waals surface area contributed by atoms with Crippen molar-refractivity contribution in [2.75, 3.05) is 13.1 Å². The van der Waals surface area contributed by atoms with Crippen molar-refractivity contribution in [3.8, 4) is 0 Å². The number of alkyl halides is 3. The maximum Gasteiger partial charge on any atom is 0.490 e. The summed E-state index contributed by atoms with van der Waals surface area (Å²) in [5.41, 5.74) is 1.06. The summed E-state index contributed by atoms with van der Waals surface area (Å²) in [7, 11) is 0. The largest absolute Gasteiger partial charge is 0.490 e. The van der Waals surface area contributed by atoms with E-state index in [1.807, 2.05) is 0 Å². The quantitative estimate of drug-likeness (QED) is 0.682. The summed E-state index contributed by atoms with van der Waals surface area (Å²) >= 11 is 0. The van der Waals surface area contributed by atoms with Gasteiger partial charge in [-0.15, -0.1) is 0 Å². The monoisotopic (exact) mass is 295 g/mol. The Morgan fingerprint density at radius 1 is 1.05 bits per heavy atom. The van der Waals surface area contributed by atoms with Gasteiger partial charge in [-0.05, 0) is 36.5 Å². The first kappa shape index (κ1) is 15.1. The third-order valence-electron chi connectivity index (χ3n) is 4.45. The fraction of sp³-hybridized carbons (Fsp3) is 0.833. The van der Waals surface area contributed by atoms with Crippen LogP contribution in [0.5, 0.6) is 0 Å². The second kappa shape index (κ2) is 4.61. The molecule has 1 aliphatic heterocycles. The summed E-state index contributed by atoms with van der Waals surface area (Å²) < 4.78 is 31.7. The maximum atomic E-state index is 10.6. The van der Waals surface area contributed by atoms with E-state index in [9.17, 15) is 18.0 Å². The fourth-order valence-electron chi connectivity index (χ4n) is 3.72. The van der Waals surface area contributed by atoms with Gasteiger partial charge in [0.25, 0.3) is 0 Å². The third-order valence-corrected chi connectivity index (χ3v) is 4.45. The van der Waals surface area contributed by atoms with Gasteiger partial charge in [-0.25, -0.2) is 4.79 Å². The Morgan fingerprint density at radius 2 is 1.50 bits per heavy atom. The van der Waals surface area contributed by atoms with Crippen LogP contribution in [0.25, 0.3) is 0 Å². The van der Waals surface area contributed by atoms with Gasteiger partial charge < -0.3 is 15.5 Å². The average molecular weight is 295 g/mol. The third kappa shape index (κ3) is 2.74. The number of carbonyl (C=O) groups is 2. The van der Waals surface area contributed by atoms with Gasteiger partial charge in [0.1, 0.15) is 0 Å². The predicted octanol–water partition coefficient (Wildman–Crippen LogP) is 1.48. The van der Waals surface area contributed by atoms with Crippen LogP contribution < -0.4 is 5.32 Å². The first-order valence-electron chi connectivity index (χ1n) is 6.31. The molecular formula is C12H16F3NO4. The van der Waals surface area contributed by atoms with Gasteiger partial charge in [-0.1, -0.05) is 0 Å². The standard InChI is InChI=1S/C10H15NO2.C2HF3O2/c12-8(13)7-1-9(2-7)3-10(4-9)5-11-6-10;3-2(4,5)1(6)7/h7,11H,1-6H2,(H,12,13);(H,6,7). The van der Waals surface area contributed by atoms with Gasteiger partial charge >= 0.3 is 18.1 Å². The summed E-state index contributed by atoms with van der Waals surface area (Å²) in [6, 6.07) is 0. The van der Waals surface area contributed by atoms with E-state index in [0.29, 0.717) is 10.8 Å². The number of carboxylic acids is 2. The molecule has 114 valence electrons. The molecule has 3 N–H and O–H groups in total. The van der Waals surface area contributed by atoms with Crippen LogP contribution in [0.1, 0.15) is 25.7 Å². The minimum absolute atomic E-state index is 0.0228. The van der Waals surface area contributed by atoms with Crippen molar-refractivity contribution in [3.63, 3.8) is 0 Å². The second-order valence-corrected chi connectivity index (χ2v) is 6.20. The summed E-state index contributed by atoms with van der Waals surface area (Å²) in [4.78, 5) is 19.5. The topological polar surface area (TPSA) is 86.6 Å². The first-order valence-corrected chi connectivity index (χ1v) is 6.31. The highest BCUT2D eigenvalue weighted by atomic mass is 19.4. The molecule has 3 aliphatic rings. The zero-order valence-corrected chi connectivity index (χ0v) is 10.7. The number of hydrogen-bond acceptors (Lipinski definition) is 3. The van der Waals surface area contributed by atoms with Crippen LogP contribution in [-0.4, -0.2) is 41.4 Å². The SMILES string of the molecule is O=C(O)C(F)(F)F.O=C(O)C1CC2(C1)CC1(CNC1)C2. The molecular weight excluding hydrogens is 279 g/mol. The molecule has 0 aromatic heterocycles. The van der Waals surface area contributed by atoms with Crippen molar-refractivity contribution in [1.29, 1.82) is 0 Å². The van der Waals surface area contributed by atoms with Gasteiger partial charge in [-0.3, -0.25) is 4.79 Å². The Morgan fingerprint density at radius 3 is 1.75 bits per heavy atom. The van der Waals surface area contributed by atoms with Crippen LogP contribution in [0.2, 0.25) is 0 Å². The number of nitrogens with one attached hydrogen (secondary N) is 1. The lowest BCUT2D eigenvalue weighted by Crippen LogP contribution is -2.67. The van der Waals surface area contributed by atoms with Crippen molar-refractivity contribution >= 4 is 11.9 Å². The summed E-state index contributed by atoms with van der Waals surface area (Å²) in [6.07, 6.45) is -0.609. The molecule has 2 saturated carbocycles. The molecule has 8 heteroatoms. The van der Waals surface area contributed by atoms with E-state index in [1.54, 1.807) is 0 Å². The van der Waals surface area contributed by atoms with E-state index in [2.05, 4.69) is 5.32 Å². The van der Waals surface area contributed by atoms with Crippen molar-refractivity contribution < 1.29 is 33.0 Å². The number of hydrogen-bond donors (Lipinski definition) is 3. The zero-order valence-electron chi connectivity index (χ0n) is 10.7. The minimum Gasteiger partial charge on any atom is -0.481 e. The van der Waals surface area contributed by atoms with Crippen molar-refractivity contribution in [1.82, 2.24) is 5.32 Å². The summed E-state index contributed by atoms with van der Waals surface area (Å²) in [5.74, 6) is -3.36. The Labute approximate surface area is 113 Å². The molecule has 3 rings (SSSR count). The van der Waals surface area contributed by atoms with Gasteiger partial charge in [0.15, 0.2) is 0 Å². The Kier molecular flexibility index (Phi) is 3.48. The number of aliphatic carboxylic acids is 2. The Balaban J connectivity index is 0.000000182. The highest BCUT2D eigenvalue weighted by Gasteiger charge is 2.62. The molecule has 0 bridgehead atoms. The average Bonchev–Trinajstić information content (AvgIpc) is 2.09. The van der Waals surface area contributed by atoms with Crippen molar-refractivity contribution in [3.05, 3.63) is 0 Å². The van der Waals surface area contributed by atoms with E-state index in [-0.39, 0.29) is 5.92 Å². The van der Waals surface area contributed by atoms with E-state index >= 15 is 0 Å². The molecule has 1 saturated heterocycles. The van der Waals surface area contributed by atoms with E-state index in [0.717, 1.165) is 12.8 Å². The Bertz CT molecular complexity index is 415. The Hall–Kier alpha value is -1.31. The van der Waals surface area contributed by atoms with Gasteiger partial charge in [-0.2, -0.15) is 13.2 Å². The highest BCUT2D eigenvalue weighted by molar-refractivity contribution is 5.73. The van der Waals surface area contributed by atoms with Crippen molar-refractivity contribution in [2.45, 2.75) is 31.9 Å². The minimum atomic E-state index is -5.08. The lowest BCUT2D eigenvalue weighted by Gasteiger charge is -2.66. The molecule has 3 fully saturated rings. The van der Waals surface area contributed by atoms with E-state index < -0.39 is 18.1 Å². The molecule has 5 nitrogen and oxygen atoms in total. The lowest BCUT2D eigenvalue weighted by atomic mass is 9.41. The number of rotatable bonds is 1. The summed E-state index contributed by atoms with van der Waals surface area (Å²) in [6.45, 7) is 2.35. The van der Waals surface area contributed by atoms with Crippen LogP contribution in [0.3, 0.4) is 0 Å². The molecule has 0 unspecified atom stereocenters. The second-order valence-electron chi connectivity index (χ2n) is 6.20. The number of halogens is 3. The lowest BCUT2D eigenvalue weighted by molar-refractivity contribution is -0.192. The maximum absolute atomic E-state index is 10.6. The number of carboxylic acid groups (broad SMARTS) is 2. The first-order chi connectivity index (χ1) is 9.08. The molecule has 0 amide bonds. The van der Waals surface area contributed by atoms with Crippen LogP contribution in [0.4, 0.5) is 13.2 Å². The van der Waals surface area contributed by atoms with E-state index in [4.69, 9.17) is 15.0 Å². The summed E-state index contributed by atoms with van der Waals surface area (Å²) in [5, 5.41) is 19.2. The highest BCUT2D eigenvalue weighted by Crippen LogP contribution is 2.67. The molecule has 2 spiro atoms. The van der Waals surface area contributed by atoms with Gasteiger partial charge in [0, 0.05) is 13.1 Å². The molecule has 0 radical (unpaired) electrons.